The monoisotopic (exact) mass is 308 g/mol. The number of carbonyl (C=O) groups is 1. The van der Waals surface area contributed by atoms with Crippen molar-refractivity contribution in [2.24, 2.45) is 5.10 Å². The zero-order chi connectivity index (χ0) is 16.2. The van der Waals surface area contributed by atoms with Crippen molar-refractivity contribution in [3.8, 4) is 5.75 Å². The number of hydrogen-bond donors (Lipinski definition) is 1. The quantitative estimate of drug-likeness (QED) is 0.882. The number of fused-ring (bicyclic) bond motifs is 1. The van der Waals surface area contributed by atoms with E-state index in [1.54, 1.807) is 0 Å². The molecule has 1 aliphatic rings. The molecule has 0 saturated carbocycles. The Morgan fingerprint density at radius 3 is 2.87 bits per heavy atom. The second-order valence-corrected chi connectivity index (χ2v) is 5.81. The minimum Gasteiger partial charge on any atom is -0.483 e. The number of ether oxygens (including phenoxy) is 1. The van der Waals surface area contributed by atoms with Crippen molar-refractivity contribution in [1.82, 2.24) is 5.43 Å². The molecule has 0 radical (unpaired) electrons. The van der Waals surface area contributed by atoms with Gasteiger partial charge in [-0.05, 0) is 49.4 Å². The first kappa shape index (κ1) is 15.3. The number of hydrogen-bond acceptors (Lipinski definition) is 3. The first-order chi connectivity index (χ1) is 11.1. The van der Waals surface area contributed by atoms with E-state index in [-0.39, 0.29) is 12.5 Å². The summed E-state index contributed by atoms with van der Waals surface area (Å²) < 4.78 is 5.58. The fourth-order valence-corrected chi connectivity index (χ4v) is 2.69. The van der Waals surface area contributed by atoms with Gasteiger partial charge in [0, 0.05) is 5.56 Å². The van der Waals surface area contributed by atoms with Crippen LogP contribution in [-0.4, -0.2) is 18.2 Å². The Morgan fingerprint density at radius 2 is 2.00 bits per heavy atom. The Bertz CT molecular complexity index is 766. The van der Waals surface area contributed by atoms with Gasteiger partial charge in [0.05, 0.1) is 5.71 Å². The Balaban J connectivity index is 1.58. The molecular weight excluding hydrogens is 288 g/mol. The van der Waals surface area contributed by atoms with Crippen molar-refractivity contribution >= 4 is 11.6 Å². The predicted octanol–water partition coefficient (Wildman–Crippen LogP) is 3.15. The van der Waals surface area contributed by atoms with Gasteiger partial charge in [0.2, 0.25) is 0 Å². The van der Waals surface area contributed by atoms with E-state index >= 15 is 0 Å². The van der Waals surface area contributed by atoms with E-state index in [1.165, 1.54) is 5.56 Å². The number of nitrogens with one attached hydrogen (secondary N) is 1. The highest BCUT2D eigenvalue weighted by Gasteiger charge is 2.17. The molecule has 0 bridgehead atoms. The number of hydrazone groups is 1. The maximum atomic E-state index is 11.9. The summed E-state index contributed by atoms with van der Waals surface area (Å²) >= 11 is 0. The number of amides is 1. The van der Waals surface area contributed by atoms with E-state index in [9.17, 15) is 4.79 Å². The molecule has 0 aliphatic heterocycles. The molecule has 1 amide bonds. The summed E-state index contributed by atoms with van der Waals surface area (Å²) in [6.45, 7) is 3.92. The van der Waals surface area contributed by atoms with Crippen LogP contribution in [0.15, 0.2) is 47.6 Å². The van der Waals surface area contributed by atoms with Crippen LogP contribution in [0.1, 0.15) is 28.7 Å². The molecule has 2 aromatic carbocycles. The third-order valence-electron chi connectivity index (χ3n) is 3.98. The maximum absolute atomic E-state index is 11.9. The molecule has 0 fully saturated rings. The van der Waals surface area contributed by atoms with E-state index in [2.05, 4.69) is 16.6 Å². The smallest absolute Gasteiger partial charge is 0.277 e. The lowest BCUT2D eigenvalue weighted by atomic mass is 10.1. The van der Waals surface area contributed by atoms with Gasteiger partial charge in [-0.1, -0.05) is 36.4 Å². The number of carbonyl (C=O) groups excluding carboxylic acids is 1. The number of rotatable bonds is 4. The minimum atomic E-state index is -0.247. The fourth-order valence-electron chi connectivity index (χ4n) is 2.69. The van der Waals surface area contributed by atoms with E-state index in [0.29, 0.717) is 0 Å². The first-order valence-corrected chi connectivity index (χ1v) is 7.77. The van der Waals surface area contributed by atoms with Crippen LogP contribution in [0.2, 0.25) is 0 Å². The maximum Gasteiger partial charge on any atom is 0.277 e. The summed E-state index contributed by atoms with van der Waals surface area (Å²) in [7, 11) is 0. The Labute approximate surface area is 136 Å². The van der Waals surface area contributed by atoms with Crippen LogP contribution >= 0.6 is 0 Å². The van der Waals surface area contributed by atoms with Gasteiger partial charge in [-0.15, -0.1) is 0 Å². The molecule has 4 heteroatoms. The van der Waals surface area contributed by atoms with Crippen molar-refractivity contribution in [2.75, 3.05) is 6.61 Å². The average molecular weight is 308 g/mol. The molecule has 2 aromatic rings. The molecule has 1 N–H and O–H groups in total. The van der Waals surface area contributed by atoms with Crippen molar-refractivity contribution in [2.45, 2.75) is 26.7 Å². The predicted molar refractivity (Wildman–Crippen MR) is 90.9 cm³/mol. The van der Waals surface area contributed by atoms with Crippen molar-refractivity contribution in [3.05, 3.63) is 64.7 Å². The van der Waals surface area contributed by atoms with Crippen molar-refractivity contribution in [3.63, 3.8) is 0 Å². The van der Waals surface area contributed by atoms with Crippen LogP contribution in [0.3, 0.4) is 0 Å². The highest BCUT2D eigenvalue weighted by atomic mass is 16.5. The van der Waals surface area contributed by atoms with Crippen LogP contribution in [0, 0.1) is 13.8 Å². The standard InChI is InChI=1S/C19H20N2O2/c1-13-7-8-14(2)18(11-13)23-12-19(22)21-20-17-10-9-15-5-3-4-6-16(15)17/h3-8,11H,9-10,12H2,1-2H3,(H,21,22)/b20-17+. The lowest BCUT2D eigenvalue weighted by Crippen LogP contribution is -2.25. The van der Waals surface area contributed by atoms with Gasteiger partial charge in [-0.3, -0.25) is 4.79 Å². The van der Waals surface area contributed by atoms with Crippen LogP contribution in [0.25, 0.3) is 0 Å². The van der Waals surface area contributed by atoms with Gasteiger partial charge in [0.15, 0.2) is 6.61 Å². The molecule has 4 nitrogen and oxygen atoms in total. The molecule has 0 unspecified atom stereocenters. The normalized spacial score (nSPS) is 14.6. The molecular formula is C19H20N2O2. The molecule has 1 aliphatic carbocycles. The summed E-state index contributed by atoms with van der Waals surface area (Å²) in [4.78, 5) is 11.9. The summed E-state index contributed by atoms with van der Waals surface area (Å²) in [5.74, 6) is 0.488. The highest BCUT2D eigenvalue weighted by molar-refractivity contribution is 6.04. The lowest BCUT2D eigenvalue weighted by Gasteiger charge is -2.09. The van der Waals surface area contributed by atoms with E-state index < -0.39 is 0 Å². The number of nitrogens with zero attached hydrogens (tertiary/aromatic N) is 1. The van der Waals surface area contributed by atoms with Crippen molar-refractivity contribution in [1.29, 1.82) is 0 Å². The van der Waals surface area contributed by atoms with Gasteiger partial charge in [0.25, 0.3) is 5.91 Å². The summed E-state index contributed by atoms with van der Waals surface area (Å²) in [5, 5.41) is 4.25. The second-order valence-electron chi connectivity index (χ2n) is 5.81. The zero-order valence-electron chi connectivity index (χ0n) is 13.4. The Morgan fingerprint density at radius 1 is 1.17 bits per heavy atom. The van der Waals surface area contributed by atoms with Crippen LogP contribution in [0.5, 0.6) is 5.75 Å². The highest BCUT2D eigenvalue weighted by Crippen LogP contribution is 2.21. The number of benzene rings is 2. The van der Waals surface area contributed by atoms with Gasteiger partial charge in [-0.25, -0.2) is 5.43 Å². The third kappa shape index (κ3) is 3.59. The van der Waals surface area contributed by atoms with Crippen molar-refractivity contribution < 1.29 is 9.53 Å². The molecule has 0 spiro atoms. The second kappa shape index (κ2) is 6.65. The Kier molecular flexibility index (Phi) is 4.42. The van der Waals surface area contributed by atoms with Gasteiger partial charge < -0.3 is 4.74 Å². The largest absolute Gasteiger partial charge is 0.483 e. The molecule has 3 rings (SSSR count). The van der Waals surface area contributed by atoms with Gasteiger partial charge in [0.1, 0.15) is 5.75 Å². The van der Waals surface area contributed by atoms with Gasteiger partial charge in [-0.2, -0.15) is 5.10 Å². The van der Waals surface area contributed by atoms with Crippen LogP contribution in [0.4, 0.5) is 0 Å². The van der Waals surface area contributed by atoms with Crippen LogP contribution < -0.4 is 10.2 Å². The lowest BCUT2D eigenvalue weighted by molar-refractivity contribution is -0.123. The third-order valence-corrected chi connectivity index (χ3v) is 3.98. The SMILES string of the molecule is Cc1ccc(C)c(OCC(=O)N/N=C2\CCc3ccccc32)c1. The number of aryl methyl sites for hydroxylation is 3. The van der Waals surface area contributed by atoms with Crippen LogP contribution in [-0.2, 0) is 11.2 Å². The summed E-state index contributed by atoms with van der Waals surface area (Å²) in [5.41, 5.74) is 8.06. The van der Waals surface area contributed by atoms with E-state index in [0.717, 1.165) is 41.0 Å². The van der Waals surface area contributed by atoms with E-state index in [4.69, 9.17) is 4.74 Å². The molecule has 0 atom stereocenters. The van der Waals surface area contributed by atoms with E-state index in [1.807, 2.05) is 50.2 Å². The molecule has 0 saturated heterocycles. The topological polar surface area (TPSA) is 50.7 Å². The fraction of sp³-hybridized carbons (Fsp3) is 0.263. The average Bonchev–Trinajstić information content (AvgIpc) is 2.97. The van der Waals surface area contributed by atoms with Gasteiger partial charge >= 0.3 is 0 Å². The minimum absolute atomic E-state index is 0.0390. The molecule has 0 aromatic heterocycles. The zero-order valence-corrected chi connectivity index (χ0v) is 13.4. The summed E-state index contributed by atoms with van der Waals surface area (Å²) in [6.07, 6.45) is 1.83. The molecule has 0 heterocycles. The summed E-state index contributed by atoms with van der Waals surface area (Å²) in [6, 6.07) is 14.1. The Hall–Kier alpha value is -2.62. The molecule has 23 heavy (non-hydrogen) atoms. The molecule has 118 valence electrons. The first-order valence-electron chi connectivity index (χ1n) is 7.77.